The van der Waals surface area contributed by atoms with Crippen molar-refractivity contribution in [2.24, 2.45) is 0 Å². The number of hydrogen-bond acceptors (Lipinski definition) is 2. The van der Waals surface area contributed by atoms with Crippen molar-refractivity contribution in [1.82, 2.24) is 9.80 Å². The SMILES string of the molecule is CC1CN(C(=O)c2ccc(F)cc2F)CC(C(F)(F)F)N1C. The highest BCUT2D eigenvalue weighted by Crippen LogP contribution is 2.29. The lowest BCUT2D eigenvalue weighted by molar-refractivity contribution is -0.197. The Labute approximate surface area is 124 Å². The zero-order chi connectivity index (χ0) is 16.7. The van der Waals surface area contributed by atoms with Crippen molar-refractivity contribution in [2.75, 3.05) is 20.1 Å². The van der Waals surface area contributed by atoms with E-state index in [0.29, 0.717) is 6.07 Å². The summed E-state index contributed by atoms with van der Waals surface area (Å²) in [6.45, 7) is 1.01. The lowest BCUT2D eigenvalue weighted by atomic mass is 10.1. The predicted octanol–water partition coefficient (Wildman–Crippen LogP) is 2.67. The van der Waals surface area contributed by atoms with Crippen LogP contribution in [0.1, 0.15) is 17.3 Å². The van der Waals surface area contributed by atoms with Gasteiger partial charge in [-0.25, -0.2) is 8.78 Å². The number of alkyl halides is 3. The van der Waals surface area contributed by atoms with Gasteiger partial charge in [0.15, 0.2) is 0 Å². The minimum absolute atomic E-state index is 0.0404. The van der Waals surface area contributed by atoms with Crippen molar-refractivity contribution in [1.29, 1.82) is 0 Å². The highest BCUT2D eigenvalue weighted by molar-refractivity contribution is 5.94. The maximum absolute atomic E-state index is 13.6. The normalized spacial score (nSPS) is 23.7. The third-order valence-corrected chi connectivity index (χ3v) is 3.89. The summed E-state index contributed by atoms with van der Waals surface area (Å²) in [5.74, 6) is -2.80. The van der Waals surface area contributed by atoms with Crippen LogP contribution in [0.3, 0.4) is 0 Å². The van der Waals surface area contributed by atoms with Gasteiger partial charge in [0.25, 0.3) is 5.91 Å². The highest BCUT2D eigenvalue weighted by atomic mass is 19.4. The Balaban J connectivity index is 2.26. The van der Waals surface area contributed by atoms with Gasteiger partial charge in [0.1, 0.15) is 17.7 Å². The average molecular weight is 322 g/mol. The van der Waals surface area contributed by atoms with E-state index in [9.17, 15) is 26.7 Å². The highest BCUT2D eigenvalue weighted by Gasteiger charge is 2.48. The van der Waals surface area contributed by atoms with Crippen molar-refractivity contribution in [3.63, 3.8) is 0 Å². The average Bonchev–Trinajstić information content (AvgIpc) is 2.39. The van der Waals surface area contributed by atoms with Gasteiger partial charge >= 0.3 is 6.18 Å². The molecular weight excluding hydrogens is 307 g/mol. The number of nitrogens with zero attached hydrogens (tertiary/aromatic N) is 2. The molecule has 1 amide bonds. The summed E-state index contributed by atoms with van der Waals surface area (Å²) in [6.07, 6.45) is -4.50. The summed E-state index contributed by atoms with van der Waals surface area (Å²) in [6, 6.07) is 0.0282. The van der Waals surface area contributed by atoms with E-state index < -0.39 is 47.9 Å². The van der Waals surface area contributed by atoms with Crippen LogP contribution in [0.2, 0.25) is 0 Å². The van der Waals surface area contributed by atoms with Crippen LogP contribution >= 0.6 is 0 Å². The van der Waals surface area contributed by atoms with Crippen LogP contribution in [0.25, 0.3) is 0 Å². The van der Waals surface area contributed by atoms with Crippen molar-refractivity contribution in [3.8, 4) is 0 Å². The Morgan fingerprint density at radius 1 is 1.23 bits per heavy atom. The maximum atomic E-state index is 13.6. The second-order valence-corrected chi connectivity index (χ2v) is 5.41. The molecule has 8 heteroatoms. The van der Waals surface area contributed by atoms with Gasteiger partial charge in [-0.05, 0) is 26.1 Å². The summed E-state index contributed by atoms with van der Waals surface area (Å²) in [5, 5.41) is 0. The second kappa shape index (κ2) is 5.83. The first-order chi connectivity index (χ1) is 10.1. The van der Waals surface area contributed by atoms with Gasteiger partial charge in [0.05, 0.1) is 5.56 Å². The summed E-state index contributed by atoms with van der Waals surface area (Å²) < 4.78 is 65.6. The molecule has 2 atom stereocenters. The van der Waals surface area contributed by atoms with E-state index in [0.717, 1.165) is 21.9 Å². The van der Waals surface area contributed by atoms with Crippen LogP contribution in [0.5, 0.6) is 0 Å². The lowest BCUT2D eigenvalue weighted by Gasteiger charge is -2.44. The van der Waals surface area contributed by atoms with Crippen LogP contribution in [0.4, 0.5) is 22.0 Å². The molecule has 1 heterocycles. The number of likely N-dealkylation sites (N-methyl/N-ethyl adjacent to an activating group) is 1. The molecule has 3 nitrogen and oxygen atoms in total. The van der Waals surface area contributed by atoms with Crippen LogP contribution in [-0.4, -0.2) is 54.1 Å². The van der Waals surface area contributed by atoms with E-state index in [1.807, 2.05) is 0 Å². The van der Waals surface area contributed by atoms with Gasteiger partial charge in [-0.2, -0.15) is 13.2 Å². The van der Waals surface area contributed by atoms with Crippen molar-refractivity contribution in [2.45, 2.75) is 25.2 Å². The van der Waals surface area contributed by atoms with E-state index in [1.54, 1.807) is 6.92 Å². The van der Waals surface area contributed by atoms with Crippen molar-refractivity contribution < 1.29 is 26.7 Å². The van der Waals surface area contributed by atoms with E-state index in [2.05, 4.69) is 0 Å². The number of halogens is 5. The summed E-state index contributed by atoms with van der Waals surface area (Å²) in [5.41, 5.74) is -0.431. The zero-order valence-electron chi connectivity index (χ0n) is 12.0. The quantitative estimate of drug-likeness (QED) is 0.742. The van der Waals surface area contributed by atoms with Gasteiger partial charge in [-0.3, -0.25) is 9.69 Å². The molecule has 2 rings (SSSR count). The molecule has 1 aliphatic heterocycles. The Morgan fingerprint density at radius 2 is 1.86 bits per heavy atom. The third kappa shape index (κ3) is 3.21. The minimum atomic E-state index is -4.50. The number of hydrogen-bond donors (Lipinski definition) is 0. The number of piperazine rings is 1. The van der Waals surface area contributed by atoms with E-state index in [1.165, 1.54) is 7.05 Å². The molecule has 1 aliphatic rings. The smallest absolute Gasteiger partial charge is 0.335 e. The molecule has 0 spiro atoms. The van der Waals surface area contributed by atoms with Crippen LogP contribution in [0, 0.1) is 11.6 Å². The molecule has 0 radical (unpaired) electrons. The van der Waals surface area contributed by atoms with Gasteiger partial charge in [0, 0.05) is 25.2 Å². The third-order valence-electron chi connectivity index (χ3n) is 3.89. The molecule has 0 aliphatic carbocycles. The topological polar surface area (TPSA) is 23.6 Å². The Kier molecular flexibility index (Phi) is 4.42. The molecule has 1 aromatic rings. The molecule has 1 aromatic carbocycles. The van der Waals surface area contributed by atoms with Crippen LogP contribution < -0.4 is 0 Å². The molecule has 22 heavy (non-hydrogen) atoms. The van der Waals surface area contributed by atoms with Crippen LogP contribution in [0.15, 0.2) is 18.2 Å². The predicted molar refractivity (Wildman–Crippen MR) is 69.3 cm³/mol. The van der Waals surface area contributed by atoms with Gasteiger partial charge in [-0.15, -0.1) is 0 Å². The van der Waals surface area contributed by atoms with E-state index in [4.69, 9.17) is 0 Å². The van der Waals surface area contributed by atoms with E-state index in [-0.39, 0.29) is 6.54 Å². The number of carbonyl (C=O) groups excluding carboxylic acids is 1. The first kappa shape index (κ1) is 16.7. The fourth-order valence-electron chi connectivity index (χ4n) is 2.50. The summed E-state index contributed by atoms with van der Waals surface area (Å²) in [7, 11) is 1.34. The standard InChI is InChI=1S/C14H15F5N2O/c1-8-6-21(7-12(20(8)2)14(17,18)19)13(22)10-4-3-9(15)5-11(10)16/h3-5,8,12H,6-7H2,1-2H3. The maximum Gasteiger partial charge on any atom is 0.405 e. The number of benzene rings is 1. The van der Waals surface area contributed by atoms with Crippen LogP contribution in [-0.2, 0) is 0 Å². The molecule has 0 saturated carbocycles. The fourth-order valence-corrected chi connectivity index (χ4v) is 2.50. The van der Waals surface area contributed by atoms with Crippen molar-refractivity contribution >= 4 is 5.91 Å². The van der Waals surface area contributed by atoms with Gasteiger partial charge < -0.3 is 4.90 Å². The molecular formula is C14H15F5N2O. The Hall–Kier alpha value is -1.70. The summed E-state index contributed by atoms with van der Waals surface area (Å²) in [4.78, 5) is 14.3. The fraction of sp³-hybridized carbons (Fsp3) is 0.500. The Bertz CT molecular complexity index is 575. The molecule has 0 bridgehead atoms. The molecule has 122 valence electrons. The number of rotatable bonds is 1. The molecule has 1 fully saturated rings. The second-order valence-electron chi connectivity index (χ2n) is 5.41. The molecule has 0 aromatic heterocycles. The molecule has 2 unspecified atom stereocenters. The molecule has 1 saturated heterocycles. The monoisotopic (exact) mass is 322 g/mol. The number of carbonyl (C=O) groups is 1. The zero-order valence-corrected chi connectivity index (χ0v) is 12.0. The van der Waals surface area contributed by atoms with Gasteiger partial charge in [-0.1, -0.05) is 0 Å². The largest absolute Gasteiger partial charge is 0.405 e. The first-order valence-corrected chi connectivity index (χ1v) is 6.64. The number of amides is 1. The van der Waals surface area contributed by atoms with Gasteiger partial charge in [0.2, 0.25) is 0 Å². The van der Waals surface area contributed by atoms with E-state index >= 15 is 0 Å². The molecule has 0 N–H and O–H groups in total. The van der Waals surface area contributed by atoms with Crippen molar-refractivity contribution in [3.05, 3.63) is 35.4 Å². The first-order valence-electron chi connectivity index (χ1n) is 6.64. The lowest BCUT2D eigenvalue weighted by Crippen LogP contribution is -2.62. The summed E-state index contributed by atoms with van der Waals surface area (Å²) >= 11 is 0. The Morgan fingerprint density at radius 3 is 2.41 bits per heavy atom. The minimum Gasteiger partial charge on any atom is -0.335 e.